The van der Waals surface area contributed by atoms with E-state index in [1.807, 2.05) is 0 Å². The maximum atomic E-state index is 11.3. The summed E-state index contributed by atoms with van der Waals surface area (Å²) < 4.78 is 5.40. The summed E-state index contributed by atoms with van der Waals surface area (Å²) in [4.78, 5) is 11.3. The lowest BCUT2D eigenvalue weighted by atomic mass is 9.96. The van der Waals surface area contributed by atoms with E-state index in [-0.39, 0.29) is 11.8 Å². The molecule has 1 rings (SSSR count). The van der Waals surface area contributed by atoms with Gasteiger partial charge in [0.25, 0.3) is 0 Å². The van der Waals surface area contributed by atoms with Crippen LogP contribution in [-0.4, -0.2) is 19.6 Å². The van der Waals surface area contributed by atoms with E-state index in [0.717, 1.165) is 11.3 Å². The predicted octanol–water partition coefficient (Wildman–Crippen LogP) is 1.40. The number of rotatable bonds is 3. The van der Waals surface area contributed by atoms with Gasteiger partial charge in [0.1, 0.15) is 12.4 Å². The molecular formula is C11H15NO2. The Morgan fingerprint density at radius 2 is 2.29 bits per heavy atom. The average molecular weight is 193 g/mol. The summed E-state index contributed by atoms with van der Waals surface area (Å²) >= 11 is 0. The summed E-state index contributed by atoms with van der Waals surface area (Å²) in [5, 5.41) is 2.61. The summed E-state index contributed by atoms with van der Waals surface area (Å²) in [7, 11) is 1.63. The molecule has 1 heterocycles. The Bertz CT molecular complexity index is 292. The van der Waals surface area contributed by atoms with Crippen LogP contribution in [0.15, 0.2) is 36.6 Å². The highest BCUT2D eigenvalue weighted by atomic mass is 16.5. The maximum absolute atomic E-state index is 11.3. The van der Waals surface area contributed by atoms with Crippen molar-refractivity contribution in [2.45, 2.75) is 6.42 Å². The number of hydrogen-bond acceptors (Lipinski definition) is 2. The van der Waals surface area contributed by atoms with Gasteiger partial charge in [0.05, 0.1) is 5.92 Å². The van der Waals surface area contributed by atoms with Crippen molar-refractivity contribution < 1.29 is 9.53 Å². The van der Waals surface area contributed by atoms with Crippen molar-refractivity contribution in [2.75, 3.05) is 13.7 Å². The van der Waals surface area contributed by atoms with Gasteiger partial charge in [-0.25, -0.2) is 0 Å². The van der Waals surface area contributed by atoms with E-state index in [0.29, 0.717) is 13.0 Å². The van der Waals surface area contributed by atoms with E-state index in [2.05, 4.69) is 18.5 Å². The minimum atomic E-state index is -0.114. The Kier molecular flexibility index (Phi) is 3.51. The summed E-state index contributed by atoms with van der Waals surface area (Å²) in [6, 6.07) is 0. The van der Waals surface area contributed by atoms with E-state index in [4.69, 9.17) is 4.74 Å². The third kappa shape index (κ3) is 2.05. The van der Waals surface area contributed by atoms with Crippen molar-refractivity contribution in [3.63, 3.8) is 0 Å². The molecule has 0 radical (unpaired) electrons. The molecule has 1 N–H and O–H groups in total. The Morgan fingerprint density at radius 1 is 1.57 bits per heavy atom. The molecule has 1 atom stereocenters. The third-order valence-electron chi connectivity index (χ3n) is 2.27. The van der Waals surface area contributed by atoms with Crippen LogP contribution in [-0.2, 0) is 9.53 Å². The summed E-state index contributed by atoms with van der Waals surface area (Å²) in [6.45, 7) is 7.74. The molecule has 0 aromatic carbocycles. The van der Waals surface area contributed by atoms with Crippen LogP contribution in [0.2, 0.25) is 0 Å². The van der Waals surface area contributed by atoms with Gasteiger partial charge < -0.3 is 10.1 Å². The van der Waals surface area contributed by atoms with Gasteiger partial charge in [-0.2, -0.15) is 0 Å². The SMILES string of the molecule is C=CC1=C(C=C)OCC(C(=O)NC)C1. The smallest absolute Gasteiger partial charge is 0.226 e. The molecule has 1 aliphatic rings. The van der Waals surface area contributed by atoms with E-state index in [1.165, 1.54) is 0 Å². The highest BCUT2D eigenvalue weighted by Gasteiger charge is 2.24. The number of hydrogen-bond donors (Lipinski definition) is 1. The van der Waals surface area contributed by atoms with Gasteiger partial charge >= 0.3 is 0 Å². The molecule has 0 spiro atoms. The van der Waals surface area contributed by atoms with Crippen LogP contribution in [0.3, 0.4) is 0 Å². The molecule has 1 amide bonds. The predicted molar refractivity (Wildman–Crippen MR) is 55.5 cm³/mol. The topological polar surface area (TPSA) is 38.3 Å². The fraction of sp³-hybridized carbons (Fsp3) is 0.364. The molecule has 0 aliphatic carbocycles. The Labute approximate surface area is 84.1 Å². The van der Waals surface area contributed by atoms with Crippen molar-refractivity contribution in [3.8, 4) is 0 Å². The number of allylic oxidation sites excluding steroid dienone is 3. The third-order valence-corrected chi connectivity index (χ3v) is 2.27. The average Bonchev–Trinajstić information content (AvgIpc) is 2.26. The second kappa shape index (κ2) is 4.65. The molecule has 3 heteroatoms. The number of ether oxygens (including phenoxy) is 1. The largest absolute Gasteiger partial charge is 0.492 e. The minimum absolute atomic E-state index is 0.00691. The summed E-state index contributed by atoms with van der Waals surface area (Å²) in [6.07, 6.45) is 4.04. The van der Waals surface area contributed by atoms with Crippen LogP contribution in [0.25, 0.3) is 0 Å². The highest BCUT2D eigenvalue weighted by Crippen LogP contribution is 2.24. The molecule has 0 saturated carbocycles. The number of amides is 1. The van der Waals surface area contributed by atoms with Gasteiger partial charge in [-0.15, -0.1) is 0 Å². The lowest BCUT2D eigenvalue weighted by Crippen LogP contribution is -2.32. The summed E-state index contributed by atoms with van der Waals surface area (Å²) in [5.41, 5.74) is 0.944. The van der Waals surface area contributed by atoms with Crippen LogP contribution in [0.1, 0.15) is 6.42 Å². The van der Waals surface area contributed by atoms with E-state index < -0.39 is 0 Å². The van der Waals surface area contributed by atoms with Gasteiger partial charge in [0, 0.05) is 7.05 Å². The Morgan fingerprint density at radius 3 is 2.79 bits per heavy atom. The van der Waals surface area contributed by atoms with Gasteiger partial charge in [-0.05, 0) is 18.1 Å². The zero-order valence-electron chi connectivity index (χ0n) is 8.38. The fourth-order valence-corrected chi connectivity index (χ4v) is 1.45. The van der Waals surface area contributed by atoms with E-state index in [9.17, 15) is 4.79 Å². The number of nitrogens with one attached hydrogen (secondary N) is 1. The Balaban J connectivity index is 2.78. The standard InChI is InChI=1S/C11H15NO2/c1-4-8-6-9(11(13)12-3)7-14-10(8)5-2/h4-5,9H,1-2,6-7H2,3H3,(H,12,13). The van der Waals surface area contributed by atoms with Crippen molar-refractivity contribution in [3.05, 3.63) is 36.6 Å². The van der Waals surface area contributed by atoms with Crippen LogP contribution >= 0.6 is 0 Å². The van der Waals surface area contributed by atoms with Gasteiger partial charge in [-0.3, -0.25) is 4.79 Å². The molecule has 76 valence electrons. The van der Waals surface area contributed by atoms with Crippen molar-refractivity contribution in [2.24, 2.45) is 5.92 Å². The molecule has 1 aliphatic heterocycles. The van der Waals surface area contributed by atoms with Crippen LogP contribution < -0.4 is 5.32 Å². The fourth-order valence-electron chi connectivity index (χ4n) is 1.45. The maximum Gasteiger partial charge on any atom is 0.226 e. The molecule has 0 saturated heterocycles. The van der Waals surface area contributed by atoms with Gasteiger partial charge in [0.2, 0.25) is 5.91 Å². The zero-order chi connectivity index (χ0) is 10.6. The molecule has 0 fully saturated rings. The molecule has 3 nitrogen and oxygen atoms in total. The molecule has 0 aromatic heterocycles. The first-order valence-electron chi connectivity index (χ1n) is 4.55. The first-order valence-corrected chi connectivity index (χ1v) is 4.55. The van der Waals surface area contributed by atoms with Crippen molar-refractivity contribution in [1.29, 1.82) is 0 Å². The zero-order valence-corrected chi connectivity index (χ0v) is 8.38. The minimum Gasteiger partial charge on any atom is -0.492 e. The number of carbonyl (C=O) groups is 1. The van der Waals surface area contributed by atoms with Gasteiger partial charge in [-0.1, -0.05) is 19.2 Å². The number of carbonyl (C=O) groups excluding carboxylic acids is 1. The Hall–Kier alpha value is -1.51. The van der Waals surface area contributed by atoms with Crippen LogP contribution in [0.4, 0.5) is 0 Å². The van der Waals surface area contributed by atoms with Crippen LogP contribution in [0, 0.1) is 5.92 Å². The normalized spacial score (nSPS) is 21.1. The molecular weight excluding hydrogens is 178 g/mol. The van der Waals surface area contributed by atoms with E-state index >= 15 is 0 Å². The quantitative estimate of drug-likeness (QED) is 0.735. The van der Waals surface area contributed by atoms with E-state index in [1.54, 1.807) is 19.2 Å². The molecule has 0 bridgehead atoms. The second-order valence-electron chi connectivity index (χ2n) is 3.12. The highest BCUT2D eigenvalue weighted by molar-refractivity contribution is 5.79. The molecule has 1 unspecified atom stereocenters. The lowest BCUT2D eigenvalue weighted by molar-refractivity contribution is -0.126. The molecule has 14 heavy (non-hydrogen) atoms. The van der Waals surface area contributed by atoms with Crippen molar-refractivity contribution in [1.82, 2.24) is 5.32 Å². The van der Waals surface area contributed by atoms with Crippen molar-refractivity contribution >= 4 is 5.91 Å². The first-order chi connectivity index (χ1) is 6.72. The summed E-state index contributed by atoms with van der Waals surface area (Å²) in [5.74, 6) is 0.629. The molecule has 0 aromatic rings. The monoisotopic (exact) mass is 193 g/mol. The second-order valence-corrected chi connectivity index (χ2v) is 3.12. The van der Waals surface area contributed by atoms with Crippen LogP contribution in [0.5, 0.6) is 0 Å². The van der Waals surface area contributed by atoms with Gasteiger partial charge in [0.15, 0.2) is 0 Å². The lowest BCUT2D eigenvalue weighted by Gasteiger charge is -2.24. The first kappa shape index (κ1) is 10.6.